The number of rotatable bonds is 5. The van der Waals surface area contributed by atoms with Crippen LogP contribution in [0.4, 0.5) is 0 Å². The summed E-state index contributed by atoms with van der Waals surface area (Å²) in [5, 5.41) is 4.35. The van der Waals surface area contributed by atoms with Crippen LogP contribution in [0.15, 0.2) is 46.2 Å². The number of hydrogen-bond acceptors (Lipinski definition) is 4. The highest BCUT2D eigenvalue weighted by Gasteiger charge is 2.14. The molecule has 3 rings (SSSR count). The van der Waals surface area contributed by atoms with E-state index in [1.807, 2.05) is 25.1 Å². The zero-order valence-electron chi connectivity index (χ0n) is 12.7. The van der Waals surface area contributed by atoms with Crippen LogP contribution in [0.5, 0.6) is 0 Å². The maximum atomic E-state index is 12.0. The zero-order chi connectivity index (χ0) is 16.2. The number of halogens is 1. The van der Waals surface area contributed by atoms with Crippen molar-refractivity contribution in [3.8, 4) is 5.82 Å². The molecule has 0 atom stereocenters. The molecule has 6 nitrogen and oxygen atoms in total. The third-order valence-electron chi connectivity index (χ3n) is 3.55. The quantitative estimate of drug-likeness (QED) is 0.745. The van der Waals surface area contributed by atoms with Gasteiger partial charge < -0.3 is 4.98 Å². The van der Waals surface area contributed by atoms with Crippen molar-refractivity contribution in [3.63, 3.8) is 0 Å². The van der Waals surface area contributed by atoms with Gasteiger partial charge in [-0.15, -0.1) is 0 Å². The second-order valence-corrected chi connectivity index (χ2v) is 5.98. The summed E-state index contributed by atoms with van der Waals surface area (Å²) >= 11 is 3.49. The molecule has 23 heavy (non-hydrogen) atoms. The molecule has 0 fully saturated rings. The van der Waals surface area contributed by atoms with Gasteiger partial charge in [0, 0.05) is 24.4 Å². The molecule has 3 heterocycles. The van der Waals surface area contributed by atoms with E-state index in [0.29, 0.717) is 12.8 Å². The number of hydrogen-bond donors (Lipinski definition) is 1. The molecule has 118 valence electrons. The Balaban J connectivity index is 2.01. The summed E-state index contributed by atoms with van der Waals surface area (Å²) in [6.07, 6.45) is 7.03. The summed E-state index contributed by atoms with van der Waals surface area (Å²) in [6.45, 7) is 2.05. The molecule has 0 aromatic carbocycles. The molecule has 0 saturated carbocycles. The van der Waals surface area contributed by atoms with Crippen LogP contribution in [0.3, 0.4) is 0 Å². The Hall–Kier alpha value is -2.28. The first kappa shape index (κ1) is 15.6. The lowest BCUT2D eigenvalue weighted by Gasteiger charge is -2.10. The van der Waals surface area contributed by atoms with Crippen LogP contribution in [0, 0.1) is 0 Å². The van der Waals surface area contributed by atoms with Gasteiger partial charge in [-0.05, 0) is 40.5 Å². The summed E-state index contributed by atoms with van der Waals surface area (Å²) < 4.78 is 2.63. The predicted octanol–water partition coefficient (Wildman–Crippen LogP) is 2.66. The minimum absolute atomic E-state index is 0.0677. The van der Waals surface area contributed by atoms with Crippen molar-refractivity contribution < 1.29 is 0 Å². The van der Waals surface area contributed by atoms with Crippen LogP contribution >= 0.6 is 15.9 Å². The van der Waals surface area contributed by atoms with Gasteiger partial charge in [0.05, 0.1) is 22.2 Å². The largest absolute Gasteiger partial charge is 0.313 e. The number of nitrogens with one attached hydrogen (secondary N) is 1. The first-order chi connectivity index (χ1) is 11.2. The SMILES string of the molecule is CCCc1c(Cc2ccnn2-c2ncccc2Br)nc[nH]c1=O. The van der Waals surface area contributed by atoms with E-state index in [-0.39, 0.29) is 5.56 Å². The molecule has 0 radical (unpaired) electrons. The third-order valence-corrected chi connectivity index (χ3v) is 4.17. The second kappa shape index (κ2) is 6.87. The Morgan fingerprint density at radius 1 is 1.26 bits per heavy atom. The molecule has 0 amide bonds. The van der Waals surface area contributed by atoms with E-state index in [1.54, 1.807) is 17.1 Å². The van der Waals surface area contributed by atoms with Crippen LogP contribution in [-0.4, -0.2) is 24.7 Å². The Bertz CT molecular complexity index is 871. The Morgan fingerprint density at radius 2 is 2.13 bits per heavy atom. The molecule has 0 unspecified atom stereocenters. The fourth-order valence-corrected chi connectivity index (χ4v) is 2.91. The lowest BCUT2D eigenvalue weighted by molar-refractivity contribution is 0.774. The number of aromatic nitrogens is 5. The molecule has 0 bridgehead atoms. The van der Waals surface area contributed by atoms with Crippen molar-refractivity contribution in [2.45, 2.75) is 26.2 Å². The fourth-order valence-electron chi connectivity index (χ4n) is 2.49. The van der Waals surface area contributed by atoms with Gasteiger partial charge in [0.25, 0.3) is 5.56 Å². The second-order valence-electron chi connectivity index (χ2n) is 5.13. The summed E-state index contributed by atoms with van der Waals surface area (Å²) in [5.74, 6) is 0.717. The molecule has 3 aromatic heterocycles. The lowest BCUT2D eigenvalue weighted by atomic mass is 10.1. The highest BCUT2D eigenvalue weighted by atomic mass is 79.9. The van der Waals surface area contributed by atoms with Gasteiger partial charge in [-0.3, -0.25) is 4.79 Å². The van der Waals surface area contributed by atoms with Crippen molar-refractivity contribution in [3.05, 3.63) is 68.7 Å². The normalized spacial score (nSPS) is 10.9. The third kappa shape index (κ3) is 3.24. The van der Waals surface area contributed by atoms with E-state index in [2.05, 4.69) is 36.0 Å². The topological polar surface area (TPSA) is 76.5 Å². The van der Waals surface area contributed by atoms with Crippen molar-refractivity contribution >= 4 is 15.9 Å². The minimum Gasteiger partial charge on any atom is -0.313 e. The van der Waals surface area contributed by atoms with E-state index in [4.69, 9.17) is 0 Å². The van der Waals surface area contributed by atoms with Crippen LogP contribution in [0.2, 0.25) is 0 Å². The van der Waals surface area contributed by atoms with Crippen LogP contribution < -0.4 is 5.56 Å². The Kier molecular flexibility index (Phi) is 4.66. The summed E-state index contributed by atoms with van der Waals surface area (Å²) in [6, 6.07) is 5.69. The van der Waals surface area contributed by atoms with Crippen LogP contribution in [0.1, 0.15) is 30.3 Å². The first-order valence-electron chi connectivity index (χ1n) is 7.40. The van der Waals surface area contributed by atoms with Crippen LogP contribution in [-0.2, 0) is 12.8 Å². The van der Waals surface area contributed by atoms with Gasteiger partial charge in [0.15, 0.2) is 5.82 Å². The average molecular weight is 374 g/mol. The van der Waals surface area contributed by atoms with E-state index >= 15 is 0 Å². The van der Waals surface area contributed by atoms with E-state index in [0.717, 1.165) is 33.7 Å². The molecular formula is C16H16BrN5O. The molecule has 0 aliphatic carbocycles. The number of H-pyrrole nitrogens is 1. The van der Waals surface area contributed by atoms with Crippen molar-refractivity contribution in [2.75, 3.05) is 0 Å². The maximum absolute atomic E-state index is 12.0. The predicted molar refractivity (Wildman–Crippen MR) is 90.7 cm³/mol. The zero-order valence-corrected chi connectivity index (χ0v) is 14.2. The van der Waals surface area contributed by atoms with Gasteiger partial charge in [-0.2, -0.15) is 5.10 Å². The first-order valence-corrected chi connectivity index (χ1v) is 8.19. The fraction of sp³-hybridized carbons (Fsp3) is 0.250. The van der Waals surface area contributed by atoms with Gasteiger partial charge in [-0.1, -0.05) is 13.3 Å². The Labute approximate surface area is 141 Å². The monoisotopic (exact) mass is 373 g/mol. The highest BCUT2D eigenvalue weighted by molar-refractivity contribution is 9.10. The molecule has 0 saturated heterocycles. The van der Waals surface area contributed by atoms with E-state index in [1.165, 1.54) is 6.33 Å². The summed E-state index contributed by atoms with van der Waals surface area (Å²) in [4.78, 5) is 23.4. The standard InChI is InChI=1S/C16H16BrN5O/c1-2-4-12-14(19-10-20-16(12)23)9-11-6-8-21-22(11)15-13(17)5-3-7-18-15/h3,5-8,10H,2,4,9H2,1H3,(H,19,20,23). The van der Waals surface area contributed by atoms with E-state index < -0.39 is 0 Å². The van der Waals surface area contributed by atoms with Crippen LogP contribution in [0.25, 0.3) is 5.82 Å². The number of pyridine rings is 1. The van der Waals surface area contributed by atoms with Gasteiger partial charge in [-0.25, -0.2) is 14.6 Å². The number of nitrogens with zero attached hydrogens (tertiary/aromatic N) is 4. The molecule has 1 N–H and O–H groups in total. The van der Waals surface area contributed by atoms with E-state index in [9.17, 15) is 4.79 Å². The minimum atomic E-state index is -0.0677. The maximum Gasteiger partial charge on any atom is 0.254 e. The summed E-state index contributed by atoms with van der Waals surface area (Å²) in [5.41, 5.74) is 2.38. The van der Waals surface area contributed by atoms with Gasteiger partial charge >= 0.3 is 0 Å². The molecule has 7 heteroatoms. The van der Waals surface area contributed by atoms with Gasteiger partial charge in [0.2, 0.25) is 0 Å². The van der Waals surface area contributed by atoms with Crippen molar-refractivity contribution in [2.24, 2.45) is 0 Å². The average Bonchev–Trinajstić information content (AvgIpc) is 2.99. The smallest absolute Gasteiger partial charge is 0.254 e. The van der Waals surface area contributed by atoms with Crippen molar-refractivity contribution in [1.29, 1.82) is 0 Å². The molecular weight excluding hydrogens is 358 g/mol. The van der Waals surface area contributed by atoms with Gasteiger partial charge in [0.1, 0.15) is 0 Å². The van der Waals surface area contributed by atoms with Crippen molar-refractivity contribution in [1.82, 2.24) is 24.7 Å². The molecule has 0 aliphatic heterocycles. The highest BCUT2D eigenvalue weighted by Crippen LogP contribution is 2.20. The molecule has 0 spiro atoms. The Morgan fingerprint density at radius 3 is 2.91 bits per heavy atom. The molecule has 0 aliphatic rings. The number of aromatic amines is 1. The molecule has 3 aromatic rings. The summed E-state index contributed by atoms with van der Waals surface area (Å²) in [7, 11) is 0. The lowest BCUT2D eigenvalue weighted by Crippen LogP contribution is -2.18.